The van der Waals surface area contributed by atoms with Gasteiger partial charge in [0.1, 0.15) is 6.10 Å². The molecular weight excluding hydrogens is 276 g/mol. The topological polar surface area (TPSA) is 104 Å². The van der Waals surface area contributed by atoms with E-state index >= 15 is 0 Å². The van der Waals surface area contributed by atoms with Crippen molar-refractivity contribution in [2.24, 2.45) is 0 Å². The smallest absolute Gasteiger partial charge is 0.338 e. The van der Waals surface area contributed by atoms with Crippen molar-refractivity contribution in [2.75, 3.05) is 6.61 Å². The third-order valence-electron chi connectivity index (χ3n) is 2.39. The fourth-order valence-electron chi connectivity index (χ4n) is 1.43. The van der Waals surface area contributed by atoms with Crippen LogP contribution < -0.4 is 0 Å². The van der Waals surface area contributed by atoms with E-state index in [-0.39, 0.29) is 22.8 Å². The quantitative estimate of drug-likeness (QED) is 0.698. The monoisotopic (exact) mass is 288 g/mol. The van der Waals surface area contributed by atoms with Crippen LogP contribution in [0.5, 0.6) is 0 Å². The molecule has 0 saturated carbocycles. The van der Waals surface area contributed by atoms with E-state index in [2.05, 4.69) is 4.74 Å². The molecule has 0 fully saturated rings. The summed E-state index contributed by atoms with van der Waals surface area (Å²) in [5, 5.41) is 28.0. The van der Waals surface area contributed by atoms with E-state index in [1.54, 1.807) is 6.92 Å². The number of carbonyl (C=O) groups excluding carboxylic acids is 1. The molecule has 3 N–H and O–H groups in total. The molecule has 0 bridgehead atoms. The first-order valence-electron chi connectivity index (χ1n) is 5.44. The Morgan fingerprint density at radius 2 is 2.00 bits per heavy atom. The third-order valence-corrected chi connectivity index (χ3v) is 2.70. The summed E-state index contributed by atoms with van der Waals surface area (Å²) in [7, 11) is 0. The van der Waals surface area contributed by atoms with E-state index in [0.29, 0.717) is 0 Å². The van der Waals surface area contributed by atoms with Crippen LogP contribution in [0.4, 0.5) is 0 Å². The number of aliphatic hydroxyl groups is 2. The van der Waals surface area contributed by atoms with Crippen molar-refractivity contribution in [1.29, 1.82) is 0 Å². The molecule has 1 rings (SSSR count). The van der Waals surface area contributed by atoms with Gasteiger partial charge in [-0.25, -0.2) is 9.59 Å². The predicted molar refractivity (Wildman–Crippen MR) is 66.0 cm³/mol. The second-order valence-corrected chi connectivity index (χ2v) is 4.09. The highest BCUT2D eigenvalue weighted by Gasteiger charge is 2.27. The summed E-state index contributed by atoms with van der Waals surface area (Å²) in [5.41, 5.74) is -0.0150. The third kappa shape index (κ3) is 3.66. The lowest BCUT2D eigenvalue weighted by atomic mass is 10.0. The van der Waals surface area contributed by atoms with Crippen molar-refractivity contribution in [3.05, 3.63) is 34.3 Å². The summed E-state index contributed by atoms with van der Waals surface area (Å²) < 4.78 is 4.56. The number of esters is 1. The Morgan fingerprint density at radius 1 is 1.37 bits per heavy atom. The fraction of sp³-hybridized carbons (Fsp3) is 0.333. The molecule has 2 unspecified atom stereocenters. The second kappa shape index (κ2) is 6.51. The van der Waals surface area contributed by atoms with Gasteiger partial charge in [0.2, 0.25) is 0 Å². The van der Waals surface area contributed by atoms with E-state index in [1.807, 2.05) is 0 Å². The van der Waals surface area contributed by atoms with Gasteiger partial charge in [-0.3, -0.25) is 0 Å². The average molecular weight is 289 g/mol. The van der Waals surface area contributed by atoms with Gasteiger partial charge in [0.05, 0.1) is 17.2 Å². The van der Waals surface area contributed by atoms with Crippen molar-refractivity contribution < 1.29 is 29.6 Å². The first kappa shape index (κ1) is 15.4. The molecule has 0 aromatic heterocycles. The molecule has 0 aliphatic carbocycles. The average Bonchev–Trinajstić information content (AvgIpc) is 2.36. The zero-order valence-corrected chi connectivity index (χ0v) is 10.8. The molecule has 0 radical (unpaired) electrons. The van der Waals surface area contributed by atoms with Gasteiger partial charge in [0.25, 0.3) is 0 Å². The SMILES string of the molecule is CCOC(=O)C(O)C(O)c1ccc(C(=O)O)c(Cl)c1. The lowest BCUT2D eigenvalue weighted by Crippen LogP contribution is -2.29. The summed E-state index contributed by atoms with van der Waals surface area (Å²) in [6.45, 7) is 1.64. The standard InChI is InChI=1S/C12H13ClO6/c1-2-19-12(18)10(15)9(14)6-3-4-7(11(16)17)8(13)5-6/h3-5,9-10,14-15H,2H2,1H3,(H,16,17). The molecule has 0 aliphatic heterocycles. The minimum atomic E-state index is -1.76. The van der Waals surface area contributed by atoms with E-state index in [4.69, 9.17) is 16.7 Å². The maximum atomic E-state index is 11.3. The van der Waals surface area contributed by atoms with Crippen LogP contribution in [0, 0.1) is 0 Å². The normalized spacial score (nSPS) is 13.7. The van der Waals surface area contributed by atoms with Gasteiger partial charge in [0.15, 0.2) is 6.10 Å². The van der Waals surface area contributed by atoms with Crippen molar-refractivity contribution in [3.63, 3.8) is 0 Å². The van der Waals surface area contributed by atoms with E-state index in [1.165, 1.54) is 18.2 Å². The van der Waals surface area contributed by atoms with E-state index in [9.17, 15) is 19.8 Å². The minimum Gasteiger partial charge on any atom is -0.478 e. The Labute approximate surface area is 114 Å². The van der Waals surface area contributed by atoms with Gasteiger partial charge >= 0.3 is 11.9 Å². The van der Waals surface area contributed by atoms with Gasteiger partial charge in [-0.15, -0.1) is 0 Å². The number of carbonyl (C=O) groups is 2. The maximum absolute atomic E-state index is 11.3. The highest BCUT2D eigenvalue weighted by Crippen LogP contribution is 2.24. The fourth-order valence-corrected chi connectivity index (χ4v) is 1.70. The Kier molecular flexibility index (Phi) is 5.29. The number of aliphatic hydroxyl groups excluding tert-OH is 2. The van der Waals surface area contributed by atoms with Crippen LogP contribution in [0.3, 0.4) is 0 Å². The molecule has 1 aromatic carbocycles. The highest BCUT2D eigenvalue weighted by atomic mass is 35.5. The largest absolute Gasteiger partial charge is 0.478 e. The van der Waals surface area contributed by atoms with E-state index in [0.717, 1.165) is 0 Å². The summed E-state index contributed by atoms with van der Waals surface area (Å²) in [6, 6.07) is 3.63. The molecule has 0 aliphatic rings. The molecular formula is C12H13ClO6. The molecule has 19 heavy (non-hydrogen) atoms. The molecule has 1 aromatic rings. The molecule has 0 saturated heterocycles. The van der Waals surface area contributed by atoms with Gasteiger partial charge in [0, 0.05) is 0 Å². The number of hydrogen-bond acceptors (Lipinski definition) is 5. The predicted octanol–water partition coefficient (Wildman–Crippen LogP) is 0.996. The first-order chi connectivity index (χ1) is 8.88. The Balaban J connectivity index is 2.94. The van der Waals surface area contributed by atoms with Gasteiger partial charge in [-0.2, -0.15) is 0 Å². The number of halogens is 1. The van der Waals surface area contributed by atoms with Crippen molar-refractivity contribution in [3.8, 4) is 0 Å². The van der Waals surface area contributed by atoms with Crippen LogP contribution in [0.25, 0.3) is 0 Å². The van der Waals surface area contributed by atoms with E-state index < -0.39 is 24.1 Å². The molecule has 2 atom stereocenters. The van der Waals surface area contributed by atoms with Crippen LogP contribution in [0.2, 0.25) is 5.02 Å². The van der Waals surface area contributed by atoms with Gasteiger partial charge in [-0.05, 0) is 24.6 Å². The van der Waals surface area contributed by atoms with Crippen molar-refractivity contribution >= 4 is 23.5 Å². The van der Waals surface area contributed by atoms with Gasteiger partial charge < -0.3 is 20.1 Å². The zero-order chi connectivity index (χ0) is 14.6. The van der Waals surface area contributed by atoms with Crippen LogP contribution in [-0.2, 0) is 9.53 Å². The maximum Gasteiger partial charge on any atom is 0.338 e. The number of ether oxygens (including phenoxy) is 1. The second-order valence-electron chi connectivity index (χ2n) is 3.69. The van der Waals surface area contributed by atoms with Crippen LogP contribution in [0.15, 0.2) is 18.2 Å². The highest BCUT2D eigenvalue weighted by molar-refractivity contribution is 6.33. The number of hydrogen-bond donors (Lipinski definition) is 3. The molecule has 0 spiro atoms. The van der Waals surface area contributed by atoms with Crippen LogP contribution in [0.1, 0.15) is 28.9 Å². The van der Waals surface area contributed by atoms with Crippen molar-refractivity contribution in [1.82, 2.24) is 0 Å². The molecule has 0 heterocycles. The Bertz CT molecular complexity index is 487. The number of rotatable bonds is 5. The zero-order valence-electron chi connectivity index (χ0n) is 10.0. The number of aromatic carboxylic acids is 1. The van der Waals surface area contributed by atoms with Crippen LogP contribution in [-0.4, -0.2) is 40.0 Å². The molecule has 7 heteroatoms. The molecule has 6 nitrogen and oxygen atoms in total. The number of benzene rings is 1. The summed E-state index contributed by atoms with van der Waals surface area (Å²) in [4.78, 5) is 22.0. The Hall–Kier alpha value is -1.63. The van der Waals surface area contributed by atoms with Crippen LogP contribution >= 0.6 is 11.6 Å². The first-order valence-corrected chi connectivity index (χ1v) is 5.81. The lowest BCUT2D eigenvalue weighted by molar-refractivity contribution is -0.159. The lowest BCUT2D eigenvalue weighted by Gasteiger charge is -2.17. The number of carboxylic acid groups (broad SMARTS) is 1. The summed E-state index contributed by atoms with van der Waals surface area (Å²) in [5.74, 6) is -2.18. The minimum absolute atomic E-state index is 0.0708. The van der Waals surface area contributed by atoms with Crippen molar-refractivity contribution in [2.45, 2.75) is 19.1 Å². The molecule has 104 valence electrons. The summed E-state index contributed by atoms with van der Waals surface area (Å²) in [6.07, 6.45) is -3.30. The molecule has 0 amide bonds. The Morgan fingerprint density at radius 3 is 2.47 bits per heavy atom. The number of carboxylic acids is 1. The van der Waals surface area contributed by atoms with Gasteiger partial charge in [-0.1, -0.05) is 17.7 Å². The summed E-state index contributed by atoms with van der Waals surface area (Å²) >= 11 is 5.72.